The maximum absolute atomic E-state index is 13.0. The van der Waals surface area contributed by atoms with Gasteiger partial charge in [0.1, 0.15) is 5.69 Å². The van der Waals surface area contributed by atoms with Crippen molar-refractivity contribution in [1.82, 2.24) is 15.0 Å². The van der Waals surface area contributed by atoms with Crippen molar-refractivity contribution in [1.29, 1.82) is 0 Å². The second-order valence-corrected chi connectivity index (χ2v) is 4.80. The summed E-state index contributed by atoms with van der Waals surface area (Å²) in [7, 11) is 0. The first-order chi connectivity index (χ1) is 10.3. The normalized spacial score (nSPS) is 11.5. The number of esters is 1. The van der Waals surface area contributed by atoms with E-state index in [1.165, 1.54) is 25.1 Å². The van der Waals surface area contributed by atoms with E-state index in [-0.39, 0.29) is 22.3 Å². The Balaban J connectivity index is 2.72. The number of para-hydroxylation sites is 1. The minimum atomic E-state index is -4.88. The average Bonchev–Trinajstić information content (AvgIpc) is 2.83. The molecule has 1 heterocycles. The van der Waals surface area contributed by atoms with Gasteiger partial charge < -0.3 is 4.74 Å². The number of hydrogen-bond acceptors (Lipinski definition) is 4. The van der Waals surface area contributed by atoms with E-state index in [9.17, 15) is 18.0 Å². The van der Waals surface area contributed by atoms with Crippen LogP contribution in [0.3, 0.4) is 0 Å². The molecule has 0 aliphatic heterocycles. The Morgan fingerprint density at radius 3 is 2.41 bits per heavy atom. The summed E-state index contributed by atoms with van der Waals surface area (Å²) in [6.07, 6.45) is -4.88. The molecule has 0 spiro atoms. The van der Waals surface area contributed by atoms with Crippen LogP contribution >= 0.6 is 23.2 Å². The first-order valence-electron chi connectivity index (χ1n) is 5.91. The molecule has 1 aromatic heterocycles. The van der Waals surface area contributed by atoms with Crippen LogP contribution in [0.15, 0.2) is 18.2 Å². The molecule has 22 heavy (non-hydrogen) atoms. The Labute approximate surface area is 132 Å². The fourth-order valence-electron chi connectivity index (χ4n) is 1.70. The van der Waals surface area contributed by atoms with Crippen LogP contribution < -0.4 is 0 Å². The van der Waals surface area contributed by atoms with Crippen molar-refractivity contribution in [2.75, 3.05) is 6.61 Å². The molecule has 0 N–H and O–H groups in total. The van der Waals surface area contributed by atoms with Crippen LogP contribution in [-0.2, 0) is 10.9 Å². The molecule has 0 saturated heterocycles. The number of carbonyl (C=O) groups is 1. The van der Waals surface area contributed by atoms with Crippen molar-refractivity contribution in [3.05, 3.63) is 39.6 Å². The fraction of sp³-hybridized carbons (Fsp3) is 0.250. The van der Waals surface area contributed by atoms with Gasteiger partial charge >= 0.3 is 12.1 Å². The van der Waals surface area contributed by atoms with Crippen LogP contribution in [0.1, 0.15) is 23.1 Å². The number of alkyl halides is 3. The first kappa shape index (κ1) is 16.6. The standard InChI is InChI=1S/C12H8Cl2F3N3O2/c1-2-22-11(21)9-10(12(15,16)17)18-19-20(9)8-6(13)4-3-5-7(8)14/h3-5H,2H2,1H3. The molecule has 2 aromatic rings. The highest BCUT2D eigenvalue weighted by molar-refractivity contribution is 6.37. The van der Waals surface area contributed by atoms with Gasteiger partial charge in [0.2, 0.25) is 5.69 Å². The molecule has 0 unspecified atom stereocenters. The van der Waals surface area contributed by atoms with E-state index in [0.717, 1.165) is 0 Å². The lowest BCUT2D eigenvalue weighted by Gasteiger charge is -2.11. The zero-order chi connectivity index (χ0) is 16.5. The fourth-order valence-corrected chi connectivity index (χ4v) is 2.26. The number of benzene rings is 1. The summed E-state index contributed by atoms with van der Waals surface area (Å²) >= 11 is 11.9. The lowest BCUT2D eigenvalue weighted by molar-refractivity contribution is -0.141. The molecule has 10 heteroatoms. The predicted molar refractivity (Wildman–Crippen MR) is 72.3 cm³/mol. The summed E-state index contributed by atoms with van der Waals surface area (Å²) in [6.45, 7) is 1.35. The summed E-state index contributed by atoms with van der Waals surface area (Å²) in [5.74, 6) is -1.23. The molecule has 0 amide bonds. The van der Waals surface area contributed by atoms with Crippen molar-refractivity contribution < 1.29 is 22.7 Å². The zero-order valence-corrected chi connectivity index (χ0v) is 12.5. The second-order valence-electron chi connectivity index (χ2n) is 3.99. The highest BCUT2D eigenvalue weighted by Gasteiger charge is 2.42. The third-order valence-corrected chi connectivity index (χ3v) is 3.17. The van der Waals surface area contributed by atoms with Crippen molar-refractivity contribution in [2.45, 2.75) is 13.1 Å². The molecule has 1 aromatic carbocycles. The molecule has 0 fully saturated rings. The van der Waals surface area contributed by atoms with Crippen molar-refractivity contribution >= 4 is 29.2 Å². The van der Waals surface area contributed by atoms with E-state index in [0.29, 0.717) is 4.68 Å². The number of halogens is 5. The number of hydrogen-bond donors (Lipinski definition) is 0. The monoisotopic (exact) mass is 353 g/mol. The molecular weight excluding hydrogens is 346 g/mol. The lowest BCUT2D eigenvalue weighted by Crippen LogP contribution is -2.18. The molecule has 0 aliphatic carbocycles. The van der Waals surface area contributed by atoms with E-state index in [1.807, 2.05) is 0 Å². The van der Waals surface area contributed by atoms with Gasteiger partial charge in [-0.2, -0.15) is 13.2 Å². The highest BCUT2D eigenvalue weighted by atomic mass is 35.5. The Hall–Kier alpha value is -1.80. The minimum absolute atomic E-state index is 0.0108. The van der Waals surface area contributed by atoms with Crippen LogP contribution in [0.2, 0.25) is 10.0 Å². The van der Waals surface area contributed by atoms with Gasteiger partial charge in [-0.15, -0.1) is 5.10 Å². The Morgan fingerprint density at radius 1 is 1.32 bits per heavy atom. The predicted octanol–water partition coefficient (Wildman–Crippen LogP) is 3.77. The van der Waals surface area contributed by atoms with Gasteiger partial charge in [-0.05, 0) is 19.1 Å². The van der Waals surface area contributed by atoms with Crippen LogP contribution in [-0.4, -0.2) is 27.6 Å². The number of nitrogens with zero attached hydrogens (tertiary/aromatic N) is 3. The average molecular weight is 354 g/mol. The van der Waals surface area contributed by atoms with Gasteiger partial charge in [0, 0.05) is 0 Å². The van der Waals surface area contributed by atoms with Crippen LogP contribution in [0.5, 0.6) is 0 Å². The smallest absolute Gasteiger partial charge is 0.437 e. The molecule has 0 aliphatic rings. The number of aromatic nitrogens is 3. The van der Waals surface area contributed by atoms with Crippen LogP contribution in [0, 0.1) is 0 Å². The molecule has 118 valence electrons. The quantitative estimate of drug-likeness (QED) is 0.788. The minimum Gasteiger partial charge on any atom is -0.461 e. The molecule has 0 atom stereocenters. The summed E-state index contributed by atoms with van der Waals surface area (Å²) in [5.41, 5.74) is -2.44. The molecule has 2 rings (SSSR count). The van der Waals surface area contributed by atoms with Gasteiger partial charge in [0.05, 0.1) is 16.7 Å². The Bertz CT molecular complexity index is 696. The van der Waals surface area contributed by atoms with Gasteiger partial charge in [-0.25, -0.2) is 9.48 Å². The first-order valence-corrected chi connectivity index (χ1v) is 6.67. The van der Waals surface area contributed by atoms with E-state index >= 15 is 0 Å². The van der Waals surface area contributed by atoms with E-state index in [4.69, 9.17) is 23.2 Å². The van der Waals surface area contributed by atoms with E-state index in [2.05, 4.69) is 15.0 Å². The van der Waals surface area contributed by atoms with Gasteiger partial charge in [-0.1, -0.05) is 34.5 Å². The van der Waals surface area contributed by atoms with Crippen LogP contribution in [0.4, 0.5) is 13.2 Å². The second kappa shape index (κ2) is 6.13. The van der Waals surface area contributed by atoms with Gasteiger partial charge in [0.25, 0.3) is 0 Å². The van der Waals surface area contributed by atoms with Gasteiger partial charge in [0.15, 0.2) is 5.69 Å². The molecule has 5 nitrogen and oxygen atoms in total. The maximum atomic E-state index is 13.0. The third-order valence-electron chi connectivity index (χ3n) is 2.56. The zero-order valence-electron chi connectivity index (χ0n) is 11.0. The highest BCUT2D eigenvalue weighted by Crippen LogP contribution is 2.34. The Morgan fingerprint density at radius 2 is 1.91 bits per heavy atom. The van der Waals surface area contributed by atoms with Crippen molar-refractivity contribution in [3.8, 4) is 5.69 Å². The largest absolute Gasteiger partial charge is 0.461 e. The SMILES string of the molecule is CCOC(=O)c1c(C(F)(F)F)nnn1-c1c(Cl)cccc1Cl. The van der Waals surface area contributed by atoms with Gasteiger partial charge in [-0.3, -0.25) is 0 Å². The Kier molecular flexibility index (Phi) is 4.62. The number of ether oxygens (including phenoxy) is 1. The molecule has 0 saturated carbocycles. The summed E-state index contributed by atoms with van der Waals surface area (Å²) in [5, 5.41) is 6.40. The third kappa shape index (κ3) is 3.02. The number of carbonyl (C=O) groups excluding carboxylic acids is 1. The molecule has 0 radical (unpaired) electrons. The van der Waals surface area contributed by atoms with E-state index < -0.39 is 23.5 Å². The summed E-state index contributed by atoms with van der Waals surface area (Å²) in [6, 6.07) is 4.29. The van der Waals surface area contributed by atoms with Crippen LogP contribution in [0.25, 0.3) is 5.69 Å². The van der Waals surface area contributed by atoms with Crippen molar-refractivity contribution in [3.63, 3.8) is 0 Å². The molecular formula is C12H8Cl2F3N3O2. The summed E-state index contributed by atoms with van der Waals surface area (Å²) in [4.78, 5) is 11.9. The lowest BCUT2D eigenvalue weighted by atomic mass is 10.2. The topological polar surface area (TPSA) is 57.0 Å². The molecule has 0 bridgehead atoms. The van der Waals surface area contributed by atoms with Crippen molar-refractivity contribution in [2.24, 2.45) is 0 Å². The summed E-state index contributed by atoms with van der Waals surface area (Å²) < 4.78 is 44.2. The maximum Gasteiger partial charge on any atom is 0.437 e. The van der Waals surface area contributed by atoms with E-state index in [1.54, 1.807) is 0 Å². The number of rotatable bonds is 3.